The molecule has 8 heterocycles. The van der Waals surface area contributed by atoms with Gasteiger partial charge >= 0.3 is 23.5 Å². The number of ether oxygens (including phenoxy) is 2. The highest BCUT2D eigenvalue weighted by Crippen LogP contribution is 2.66. The van der Waals surface area contributed by atoms with Crippen LogP contribution in [-0.2, 0) is 36.3 Å². The summed E-state index contributed by atoms with van der Waals surface area (Å²) in [6.07, 6.45) is -4.95. The lowest BCUT2D eigenvalue weighted by Crippen LogP contribution is -2.43. The standard InChI is InChI=1S/C15H19N4O14P3.C15H16N4O5/c1-15(22)12(21)9(5-30-35(26,27)33-36(28,29)32-34(23,24)25)31-13(15)8-4-7-2-3-10(20)18-14-11(7)19(8)17-6-16-14;1-15(23)12(22)9(5-20)24-13(15)8-4-7-2-3-10(21)18-14-11(7)19(8)17-6-16-14/h2-4,6,9,12-13,21-22H,5H2,1H3,(H,26,27)(H,28,29)(H2,23,24,25)(H,16,17,18,20);2-4,6,9,12-13,20,22-23H,5H2,1H3,(H,16,17,18,21)/t2*9-,12-,13+,15-/m11/s1. The molecule has 0 aliphatic carbocycles. The fourth-order valence-corrected chi connectivity index (χ4v) is 10.0. The smallest absolute Gasteiger partial charge is 0.394 e. The monoisotopic (exact) mass is 904 g/mol. The Morgan fingerprint density at radius 3 is 1.62 bits per heavy atom. The van der Waals surface area contributed by atoms with Crippen molar-refractivity contribution in [2.75, 3.05) is 24.1 Å². The highest BCUT2D eigenvalue weighted by Gasteiger charge is 2.55. The third-order valence-corrected chi connectivity index (χ3v) is 13.5. The van der Waals surface area contributed by atoms with Crippen molar-refractivity contribution < 1.29 is 81.4 Å². The minimum atomic E-state index is -5.74. The van der Waals surface area contributed by atoms with E-state index in [4.69, 9.17) is 19.3 Å². The zero-order valence-electron chi connectivity index (χ0n) is 30.6. The third kappa shape index (κ3) is 8.37. The molecule has 4 aromatic heterocycles. The number of hydrogen-bond acceptors (Lipinski definition) is 21. The van der Waals surface area contributed by atoms with Gasteiger partial charge < -0.3 is 54.6 Å². The number of phosphoric ester groups is 1. The van der Waals surface area contributed by atoms with E-state index in [0.717, 1.165) is 0 Å². The van der Waals surface area contributed by atoms with Crippen LogP contribution in [0, 0.1) is 0 Å². The van der Waals surface area contributed by atoms with Gasteiger partial charge in [-0.05, 0) is 38.1 Å². The van der Waals surface area contributed by atoms with Gasteiger partial charge in [0.2, 0.25) is 0 Å². The number of hydrogen-bond donors (Lipinski definition) is 11. The van der Waals surface area contributed by atoms with Crippen molar-refractivity contribution in [3.63, 3.8) is 0 Å². The lowest BCUT2D eigenvalue weighted by atomic mass is 9.91. The predicted molar refractivity (Wildman–Crippen MR) is 202 cm³/mol. The zero-order valence-corrected chi connectivity index (χ0v) is 33.3. The molecule has 0 bridgehead atoms. The summed E-state index contributed by atoms with van der Waals surface area (Å²) in [5.74, 6) is 0.328. The molecule has 27 nitrogen and oxygen atoms in total. The summed E-state index contributed by atoms with van der Waals surface area (Å²) in [4.78, 5) is 75.3. The van der Waals surface area contributed by atoms with Crippen molar-refractivity contribution in [1.82, 2.24) is 19.3 Å². The molecule has 4 aromatic rings. The van der Waals surface area contributed by atoms with Crippen molar-refractivity contribution in [3.8, 4) is 0 Å². The molecule has 4 aliphatic rings. The molecule has 324 valence electrons. The van der Waals surface area contributed by atoms with Crippen LogP contribution in [-0.4, -0.2) is 126 Å². The molecular formula is C30H35N8O19P3. The Labute approximate surface area is 334 Å². The largest absolute Gasteiger partial charge is 0.490 e. The van der Waals surface area contributed by atoms with E-state index in [1.54, 1.807) is 16.8 Å². The Hall–Kier alpha value is -4.21. The van der Waals surface area contributed by atoms with Gasteiger partial charge in [-0.3, -0.25) is 34.3 Å². The molecule has 10 atom stereocenters. The van der Waals surface area contributed by atoms with Crippen molar-refractivity contribution in [2.24, 2.45) is 9.98 Å². The fraction of sp³-hybridized carbons (Fsp3) is 0.400. The van der Waals surface area contributed by atoms with E-state index in [1.807, 2.05) is 0 Å². The van der Waals surface area contributed by atoms with Crippen LogP contribution in [0.5, 0.6) is 0 Å². The van der Waals surface area contributed by atoms with Crippen LogP contribution in [0.25, 0.3) is 21.8 Å². The van der Waals surface area contributed by atoms with Gasteiger partial charge in [-0.15, -0.1) is 0 Å². The number of aromatic nitrogens is 4. The molecule has 2 fully saturated rings. The van der Waals surface area contributed by atoms with E-state index in [0.29, 0.717) is 27.5 Å². The minimum Gasteiger partial charge on any atom is -0.394 e. The lowest BCUT2D eigenvalue weighted by molar-refractivity contribution is -0.0665. The molecule has 2 unspecified atom stereocenters. The Morgan fingerprint density at radius 1 is 0.733 bits per heavy atom. The van der Waals surface area contributed by atoms with Gasteiger partial charge in [-0.1, -0.05) is 0 Å². The number of aliphatic imine (C=N–C) groups is 2. The molecule has 30 heteroatoms. The molecule has 4 aliphatic heterocycles. The Bertz CT molecular complexity index is 2700. The molecule has 8 rings (SSSR count). The van der Waals surface area contributed by atoms with Gasteiger partial charge in [0, 0.05) is 22.9 Å². The Kier molecular flexibility index (Phi) is 11.4. The second kappa shape index (κ2) is 15.6. The minimum absolute atomic E-state index is 0.0763. The average Bonchev–Trinajstić information content (AvgIpc) is 3.75. The SMILES string of the molecule is C[C@@]1(O)[C@H](O)[C@@H](CO)O[C@H]1c1cc2ccc(=O)nc3c2n1NC=N3.C[C@@]1(O)[C@H](O)[C@@H](COP(=O)(O)OP(=O)(O)OP(=O)(O)O)O[C@H]1c1cc2ccc(=O)nc3c2n1NC=N3. The highest BCUT2D eigenvalue weighted by atomic mass is 31.3. The topological polar surface area (TPSA) is 398 Å². The quantitative estimate of drug-likeness (QED) is 0.0821. The molecule has 0 spiro atoms. The molecular weight excluding hydrogens is 869 g/mol. The van der Waals surface area contributed by atoms with Crippen LogP contribution in [0.1, 0.15) is 37.4 Å². The van der Waals surface area contributed by atoms with Crippen molar-refractivity contribution in [2.45, 2.75) is 61.7 Å². The van der Waals surface area contributed by atoms with Crippen molar-refractivity contribution in [3.05, 3.63) is 68.5 Å². The summed E-state index contributed by atoms with van der Waals surface area (Å²) in [5, 5.41) is 53.0. The van der Waals surface area contributed by atoms with Gasteiger partial charge in [0.1, 0.15) is 71.5 Å². The first-order chi connectivity index (χ1) is 27.9. The summed E-state index contributed by atoms with van der Waals surface area (Å²) in [7, 11) is -16.8. The van der Waals surface area contributed by atoms with Gasteiger partial charge in [0.05, 0.1) is 24.6 Å². The first-order valence-electron chi connectivity index (χ1n) is 17.1. The average molecular weight is 905 g/mol. The Balaban J connectivity index is 0.000000196. The first kappa shape index (κ1) is 43.9. The maximum Gasteiger partial charge on any atom is 0.490 e. The Morgan fingerprint density at radius 2 is 1.18 bits per heavy atom. The van der Waals surface area contributed by atoms with Gasteiger partial charge in [-0.25, -0.2) is 23.7 Å². The summed E-state index contributed by atoms with van der Waals surface area (Å²) in [6.45, 7) is 1.27. The summed E-state index contributed by atoms with van der Waals surface area (Å²) < 4.78 is 60.3. The molecule has 11 N–H and O–H groups in total. The fourth-order valence-electron chi connectivity index (χ4n) is 6.98. The number of phosphoric acid groups is 3. The van der Waals surface area contributed by atoms with Crippen LogP contribution in [0.4, 0.5) is 11.6 Å². The van der Waals surface area contributed by atoms with Crippen molar-refractivity contribution >= 4 is 69.6 Å². The van der Waals surface area contributed by atoms with E-state index in [1.165, 1.54) is 55.5 Å². The predicted octanol–water partition coefficient (Wildman–Crippen LogP) is -1.33. The normalized spacial score (nSPS) is 30.0. The summed E-state index contributed by atoms with van der Waals surface area (Å²) >= 11 is 0. The second-order valence-electron chi connectivity index (χ2n) is 13.9. The highest BCUT2D eigenvalue weighted by molar-refractivity contribution is 7.66. The van der Waals surface area contributed by atoms with Gasteiger partial charge in [0.15, 0.2) is 11.6 Å². The number of rotatable bonds is 10. The van der Waals surface area contributed by atoms with Crippen molar-refractivity contribution in [1.29, 1.82) is 0 Å². The molecule has 2 saturated heterocycles. The molecule has 0 saturated carbocycles. The van der Waals surface area contributed by atoms with Crippen LogP contribution >= 0.6 is 23.5 Å². The van der Waals surface area contributed by atoms with Crippen LogP contribution < -0.4 is 22.0 Å². The molecule has 0 aromatic carbocycles. The van der Waals surface area contributed by atoms with Crippen LogP contribution in [0.2, 0.25) is 0 Å². The second-order valence-corrected chi connectivity index (χ2v) is 18.3. The first-order valence-corrected chi connectivity index (χ1v) is 21.7. The van der Waals surface area contributed by atoms with E-state index >= 15 is 0 Å². The number of aliphatic hydroxyl groups excluding tert-OH is 3. The van der Waals surface area contributed by atoms with E-state index < -0.39 is 95.6 Å². The summed E-state index contributed by atoms with van der Waals surface area (Å²) in [5.41, 5.74) is 2.83. The number of nitrogens with one attached hydrogen (secondary N) is 2. The van der Waals surface area contributed by atoms with E-state index in [-0.39, 0.29) is 17.3 Å². The van der Waals surface area contributed by atoms with E-state index in [2.05, 4.69) is 43.9 Å². The molecule has 0 radical (unpaired) electrons. The van der Waals surface area contributed by atoms with Crippen LogP contribution in [0.3, 0.4) is 0 Å². The number of aliphatic hydroxyl groups is 5. The summed E-state index contributed by atoms with van der Waals surface area (Å²) in [6, 6.07) is 8.87. The van der Waals surface area contributed by atoms with Crippen LogP contribution in [0.15, 0.2) is 56.0 Å². The lowest BCUT2D eigenvalue weighted by Gasteiger charge is -2.27. The maximum absolute atomic E-state index is 12.0. The molecule has 0 amide bonds. The zero-order chi connectivity index (χ0) is 43.7. The van der Waals surface area contributed by atoms with Gasteiger partial charge in [-0.2, -0.15) is 18.6 Å². The maximum atomic E-state index is 12.0. The number of nitrogens with zero attached hydrogens (tertiary/aromatic N) is 6. The van der Waals surface area contributed by atoms with E-state index in [9.17, 15) is 58.6 Å². The van der Waals surface area contributed by atoms with Gasteiger partial charge in [0.25, 0.3) is 11.1 Å². The third-order valence-electron chi connectivity index (χ3n) is 9.65. The molecule has 60 heavy (non-hydrogen) atoms.